The van der Waals surface area contributed by atoms with Gasteiger partial charge in [-0.3, -0.25) is 9.89 Å². The first-order valence-corrected chi connectivity index (χ1v) is 5.68. The predicted octanol–water partition coefficient (Wildman–Crippen LogP) is 1.49. The predicted molar refractivity (Wildman–Crippen MR) is 76.1 cm³/mol. The number of benzene rings is 1. The van der Waals surface area contributed by atoms with E-state index in [0.29, 0.717) is 18.8 Å². The summed E-state index contributed by atoms with van der Waals surface area (Å²) in [7, 11) is 0. The van der Waals surface area contributed by atoms with Crippen LogP contribution in [0.4, 0.5) is 5.69 Å². The van der Waals surface area contributed by atoms with E-state index >= 15 is 0 Å². The van der Waals surface area contributed by atoms with Crippen LogP contribution in [0.15, 0.2) is 24.3 Å². The van der Waals surface area contributed by atoms with E-state index in [4.69, 9.17) is 5.73 Å². The molecule has 7 heteroatoms. The summed E-state index contributed by atoms with van der Waals surface area (Å²) < 4.78 is 0. The lowest BCUT2D eigenvalue weighted by Gasteiger charge is -2.04. The molecule has 0 spiro atoms. The van der Waals surface area contributed by atoms with Gasteiger partial charge in [0.15, 0.2) is 5.82 Å². The molecule has 0 saturated heterocycles. The number of carbonyl (C=O) groups is 1. The Balaban J connectivity index is 0.00000180. The lowest BCUT2D eigenvalue weighted by Crippen LogP contribution is -2.15. The molecule has 4 N–H and O–H groups in total. The summed E-state index contributed by atoms with van der Waals surface area (Å²) in [6.45, 7) is 2.19. The highest BCUT2D eigenvalue weighted by molar-refractivity contribution is 5.91. The van der Waals surface area contributed by atoms with Crippen LogP contribution in [-0.2, 0) is 4.79 Å². The van der Waals surface area contributed by atoms with Crippen LogP contribution in [-0.4, -0.2) is 27.6 Å². The van der Waals surface area contributed by atoms with Gasteiger partial charge < -0.3 is 11.1 Å². The molecular weight excluding hydrogens is 266 g/mol. The second kappa shape index (κ2) is 6.86. The van der Waals surface area contributed by atoms with E-state index in [1.807, 2.05) is 31.2 Å². The standard InChI is InChI=1S/C12H15N5O.ClH/c1-8-14-12(17-16-8)9-2-4-10(5-3-9)15-11(18)6-7-13;/h2-5H,6-7,13H2,1H3,(H,15,18)(H,14,16,17);1H. The van der Waals surface area contributed by atoms with Crippen LogP contribution in [0.3, 0.4) is 0 Å². The Kier molecular flexibility index (Phi) is 5.47. The molecular formula is C12H16ClN5O. The number of nitrogens with two attached hydrogens (primary N) is 1. The first-order valence-electron chi connectivity index (χ1n) is 5.68. The van der Waals surface area contributed by atoms with Crippen LogP contribution >= 0.6 is 12.4 Å². The van der Waals surface area contributed by atoms with Crippen molar-refractivity contribution in [3.63, 3.8) is 0 Å². The fourth-order valence-corrected chi connectivity index (χ4v) is 1.53. The number of halogens is 1. The minimum absolute atomic E-state index is 0. The molecule has 0 aliphatic heterocycles. The number of H-pyrrole nitrogens is 1. The zero-order valence-corrected chi connectivity index (χ0v) is 11.3. The highest BCUT2D eigenvalue weighted by atomic mass is 35.5. The second-order valence-electron chi connectivity index (χ2n) is 3.91. The first-order chi connectivity index (χ1) is 8.69. The molecule has 19 heavy (non-hydrogen) atoms. The van der Waals surface area contributed by atoms with Gasteiger partial charge in [-0.05, 0) is 31.2 Å². The Hall–Kier alpha value is -1.92. The van der Waals surface area contributed by atoms with Crippen molar-refractivity contribution in [3.8, 4) is 11.4 Å². The fourth-order valence-electron chi connectivity index (χ4n) is 1.53. The number of aryl methyl sites for hydroxylation is 1. The van der Waals surface area contributed by atoms with E-state index in [-0.39, 0.29) is 18.3 Å². The van der Waals surface area contributed by atoms with Crippen LogP contribution in [0.2, 0.25) is 0 Å². The highest BCUT2D eigenvalue weighted by Gasteiger charge is 2.04. The summed E-state index contributed by atoms with van der Waals surface area (Å²) in [5.41, 5.74) is 6.94. The number of nitrogens with one attached hydrogen (secondary N) is 2. The third-order valence-electron chi connectivity index (χ3n) is 2.40. The molecule has 1 amide bonds. The number of anilines is 1. The van der Waals surface area contributed by atoms with Gasteiger partial charge in [-0.25, -0.2) is 4.98 Å². The number of aromatic nitrogens is 3. The zero-order chi connectivity index (χ0) is 13.0. The number of rotatable bonds is 4. The van der Waals surface area contributed by atoms with Crippen LogP contribution in [0.5, 0.6) is 0 Å². The molecule has 6 nitrogen and oxygen atoms in total. The zero-order valence-electron chi connectivity index (χ0n) is 10.5. The SMILES string of the molecule is Cc1nc(-c2ccc(NC(=O)CCN)cc2)n[nH]1.Cl. The number of aromatic amines is 1. The maximum atomic E-state index is 11.3. The van der Waals surface area contributed by atoms with Gasteiger partial charge in [0, 0.05) is 24.2 Å². The molecule has 0 saturated carbocycles. The highest BCUT2D eigenvalue weighted by Crippen LogP contribution is 2.17. The molecule has 1 heterocycles. The lowest BCUT2D eigenvalue weighted by atomic mass is 10.2. The molecule has 0 aliphatic carbocycles. The Morgan fingerprint density at radius 2 is 2.05 bits per heavy atom. The third kappa shape index (κ3) is 4.04. The summed E-state index contributed by atoms with van der Waals surface area (Å²) >= 11 is 0. The summed E-state index contributed by atoms with van der Waals surface area (Å²) in [6, 6.07) is 7.35. The first kappa shape index (κ1) is 15.1. The van der Waals surface area contributed by atoms with Crippen molar-refractivity contribution in [1.29, 1.82) is 0 Å². The van der Waals surface area contributed by atoms with E-state index in [1.54, 1.807) is 0 Å². The maximum absolute atomic E-state index is 11.3. The Labute approximate surface area is 117 Å². The smallest absolute Gasteiger partial charge is 0.225 e. The number of nitrogens with zero attached hydrogens (tertiary/aromatic N) is 2. The van der Waals surface area contributed by atoms with Gasteiger partial charge in [-0.1, -0.05) is 0 Å². The largest absolute Gasteiger partial charge is 0.330 e. The van der Waals surface area contributed by atoms with Gasteiger partial charge in [0.25, 0.3) is 0 Å². The van der Waals surface area contributed by atoms with E-state index in [1.165, 1.54) is 0 Å². The molecule has 1 aromatic heterocycles. The molecule has 0 bridgehead atoms. The van der Waals surface area contributed by atoms with Crippen molar-refractivity contribution in [2.24, 2.45) is 5.73 Å². The summed E-state index contributed by atoms with van der Waals surface area (Å²) in [6.07, 6.45) is 0.321. The van der Waals surface area contributed by atoms with Crippen molar-refractivity contribution in [3.05, 3.63) is 30.1 Å². The Bertz CT molecular complexity index is 537. The number of amides is 1. The van der Waals surface area contributed by atoms with E-state index in [2.05, 4.69) is 20.5 Å². The number of hydrogen-bond acceptors (Lipinski definition) is 4. The Morgan fingerprint density at radius 1 is 1.37 bits per heavy atom. The van der Waals surface area contributed by atoms with Crippen molar-refractivity contribution >= 4 is 24.0 Å². The molecule has 2 rings (SSSR count). The average Bonchev–Trinajstić information content (AvgIpc) is 2.77. The van der Waals surface area contributed by atoms with Gasteiger partial charge in [-0.15, -0.1) is 12.4 Å². The average molecular weight is 282 g/mol. The van der Waals surface area contributed by atoms with Gasteiger partial charge in [0.1, 0.15) is 5.82 Å². The van der Waals surface area contributed by atoms with Gasteiger partial charge in [0.05, 0.1) is 0 Å². The van der Waals surface area contributed by atoms with E-state index < -0.39 is 0 Å². The van der Waals surface area contributed by atoms with Crippen LogP contribution in [0.1, 0.15) is 12.2 Å². The van der Waals surface area contributed by atoms with Gasteiger partial charge in [0.2, 0.25) is 5.91 Å². The second-order valence-corrected chi connectivity index (χ2v) is 3.91. The van der Waals surface area contributed by atoms with Gasteiger partial charge in [-0.2, -0.15) is 5.10 Å². The molecule has 0 fully saturated rings. The van der Waals surface area contributed by atoms with Crippen LogP contribution < -0.4 is 11.1 Å². The molecule has 102 valence electrons. The molecule has 0 aliphatic rings. The third-order valence-corrected chi connectivity index (χ3v) is 2.40. The molecule has 0 atom stereocenters. The van der Waals surface area contributed by atoms with Crippen molar-refractivity contribution in [2.75, 3.05) is 11.9 Å². The summed E-state index contributed by atoms with van der Waals surface area (Å²) in [5.74, 6) is 1.33. The minimum Gasteiger partial charge on any atom is -0.330 e. The number of carbonyl (C=O) groups excluding carboxylic acids is 1. The molecule has 1 aromatic carbocycles. The lowest BCUT2D eigenvalue weighted by molar-refractivity contribution is -0.116. The van der Waals surface area contributed by atoms with Crippen molar-refractivity contribution in [1.82, 2.24) is 15.2 Å². The number of hydrogen-bond donors (Lipinski definition) is 3. The fraction of sp³-hybridized carbons (Fsp3) is 0.250. The molecule has 2 aromatic rings. The topological polar surface area (TPSA) is 96.7 Å². The van der Waals surface area contributed by atoms with Crippen molar-refractivity contribution in [2.45, 2.75) is 13.3 Å². The van der Waals surface area contributed by atoms with Gasteiger partial charge >= 0.3 is 0 Å². The quantitative estimate of drug-likeness (QED) is 0.791. The molecule has 0 radical (unpaired) electrons. The monoisotopic (exact) mass is 281 g/mol. The van der Waals surface area contributed by atoms with Crippen LogP contribution in [0.25, 0.3) is 11.4 Å². The minimum atomic E-state index is -0.0843. The summed E-state index contributed by atoms with van der Waals surface area (Å²) in [4.78, 5) is 15.6. The van der Waals surface area contributed by atoms with Crippen molar-refractivity contribution < 1.29 is 4.79 Å². The van der Waals surface area contributed by atoms with E-state index in [0.717, 1.165) is 17.1 Å². The molecule has 0 unspecified atom stereocenters. The Morgan fingerprint density at radius 3 is 2.58 bits per heavy atom. The normalized spacial score (nSPS) is 9.79. The summed E-state index contributed by atoms with van der Waals surface area (Å²) in [5, 5.41) is 9.61. The van der Waals surface area contributed by atoms with Crippen LogP contribution in [0, 0.1) is 6.92 Å². The van der Waals surface area contributed by atoms with E-state index in [9.17, 15) is 4.79 Å². The maximum Gasteiger partial charge on any atom is 0.225 e.